The van der Waals surface area contributed by atoms with E-state index in [-0.39, 0.29) is 36.2 Å². The SMILES string of the molecule is CCCCCC(=O)OC(CN1CCN(c2ccccn2)CC1)CN1C(=O)C2CCCCC2C1=O. The Morgan fingerprint density at radius 1 is 1.03 bits per heavy atom. The van der Waals surface area contributed by atoms with E-state index in [4.69, 9.17) is 4.74 Å². The highest BCUT2D eigenvalue weighted by molar-refractivity contribution is 6.05. The number of ether oxygens (including phenoxy) is 1. The van der Waals surface area contributed by atoms with E-state index in [9.17, 15) is 14.4 Å². The Bertz CT molecular complexity index is 816. The topological polar surface area (TPSA) is 83.1 Å². The standard InChI is InChI=1S/C26H38N4O4/c1-2-3-4-12-24(31)34-20(19-30-25(32)21-9-5-6-10-22(21)26(30)33)18-28-14-16-29(17-15-28)23-11-7-8-13-27-23/h7-8,11,13,20-22H,2-6,9-10,12,14-19H2,1H3. The monoisotopic (exact) mass is 470 g/mol. The van der Waals surface area contributed by atoms with E-state index in [0.29, 0.717) is 13.0 Å². The van der Waals surface area contributed by atoms with Crippen LogP contribution in [0.3, 0.4) is 0 Å². The summed E-state index contributed by atoms with van der Waals surface area (Å²) in [5.74, 6) is 0.246. The lowest BCUT2D eigenvalue weighted by molar-refractivity contribution is -0.155. The van der Waals surface area contributed by atoms with Gasteiger partial charge in [0.1, 0.15) is 11.9 Å². The number of aromatic nitrogens is 1. The number of likely N-dealkylation sites (tertiary alicyclic amines) is 1. The number of piperazine rings is 1. The van der Waals surface area contributed by atoms with Gasteiger partial charge in [0.05, 0.1) is 18.4 Å². The van der Waals surface area contributed by atoms with Crippen LogP contribution in [0.15, 0.2) is 24.4 Å². The molecule has 3 aliphatic rings. The Morgan fingerprint density at radius 3 is 2.35 bits per heavy atom. The molecule has 2 amide bonds. The highest BCUT2D eigenvalue weighted by atomic mass is 16.5. The molecule has 3 unspecified atom stereocenters. The van der Waals surface area contributed by atoms with E-state index in [1.54, 1.807) is 6.20 Å². The maximum atomic E-state index is 13.0. The Morgan fingerprint density at radius 2 is 1.74 bits per heavy atom. The lowest BCUT2D eigenvalue weighted by Gasteiger charge is -2.37. The third kappa shape index (κ3) is 5.95. The molecule has 4 rings (SSSR count). The van der Waals surface area contributed by atoms with Crippen molar-refractivity contribution in [3.8, 4) is 0 Å². The van der Waals surface area contributed by atoms with Gasteiger partial charge in [-0.05, 0) is 31.4 Å². The number of fused-ring (bicyclic) bond motifs is 1. The number of anilines is 1. The van der Waals surface area contributed by atoms with Crippen molar-refractivity contribution < 1.29 is 19.1 Å². The Balaban J connectivity index is 1.37. The lowest BCUT2D eigenvalue weighted by atomic mass is 9.81. The molecule has 186 valence electrons. The lowest BCUT2D eigenvalue weighted by Crippen LogP contribution is -2.51. The minimum Gasteiger partial charge on any atom is -0.459 e. The summed E-state index contributed by atoms with van der Waals surface area (Å²) in [6.07, 6.45) is 8.11. The second kappa shape index (κ2) is 11.8. The van der Waals surface area contributed by atoms with Gasteiger partial charge >= 0.3 is 5.97 Å². The first-order chi connectivity index (χ1) is 16.6. The quantitative estimate of drug-likeness (QED) is 0.295. The molecule has 1 aliphatic carbocycles. The minimum absolute atomic E-state index is 0.0679. The van der Waals surface area contributed by atoms with E-state index in [1.165, 1.54) is 4.90 Å². The van der Waals surface area contributed by atoms with Crippen LogP contribution >= 0.6 is 0 Å². The van der Waals surface area contributed by atoms with Crippen molar-refractivity contribution in [2.75, 3.05) is 44.2 Å². The van der Waals surface area contributed by atoms with Crippen LogP contribution in [0.25, 0.3) is 0 Å². The number of hydrogen-bond acceptors (Lipinski definition) is 7. The first kappa shape index (κ1) is 24.6. The van der Waals surface area contributed by atoms with E-state index in [0.717, 1.165) is 76.9 Å². The molecule has 8 nitrogen and oxygen atoms in total. The van der Waals surface area contributed by atoms with E-state index < -0.39 is 6.10 Å². The number of unbranched alkanes of at least 4 members (excludes halogenated alkanes) is 2. The Labute approximate surface area is 202 Å². The third-order valence-electron chi connectivity index (χ3n) is 7.41. The zero-order valence-electron chi connectivity index (χ0n) is 20.4. The number of carbonyl (C=O) groups is 3. The summed E-state index contributed by atoms with van der Waals surface area (Å²) < 4.78 is 5.87. The molecule has 2 aliphatic heterocycles. The molecule has 1 aromatic rings. The van der Waals surface area contributed by atoms with Crippen molar-refractivity contribution >= 4 is 23.6 Å². The average Bonchev–Trinajstić information content (AvgIpc) is 3.10. The van der Waals surface area contributed by atoms with Crippen molar-refractivity contribution in [1.29, 1.82) is 0 Å². The summed E-state index contributed by atoms with van der Waals surface area (Å²) in [6, 6.07) is 5.92. The van der Waals surface area contributed by atoms with Crippen molar-refractivity contribution in [3.63, 3.8) is 0 Å². The molecule has 0 N–H and O–H groups in total. The van der Waals surface area contributed by atoms with Crippen LogP contribution in [0.1, 0.15) is 58.3 Å². The zero-order chi connectivity index (χ0) is 23.9. The third-order valence-corrected chi connectivity index (χ3v) is 7.41. The molecule has 8 heteroatoms. The number of carbonyl (C=O) groups excluding carboxylic acids is 3. The van der Waals surface area contributed by atoms with Gasteiger partial charge in [-0.2, -0.15) is 0 Å². The van der Waals surface area contributed by atoms with Crippen molar-refractivity contribution in [3.05, 3.63) is 24.4 Å². The number of pyridine rings is 1. The molecular weight excluding hydrogens is 432 g/mol. The molecule has 34 heavy (non-hydrogen) atoms. The number of esters is 1. The fraction of sp³-hybridized carbons (Fsp3) is 0.692. The average molecular weight is 471 g/mol. The van der Waals surface area contributed by atoms with Crippen LogP contribution in [0.4, 0.5) is 5.82 Å². The van der Waals surface area contributed by atoms with Crippen molar-refractivity contribution in [2.24, 2.45) is 11.8 Å². The van der Waals surface area contributed by atoms with Gasteiger partial charge in [-0.3, -0.25) is 24.2 Å². The highest BCUT2D eigenvalue weighted by Crippen LogP contribution is 2.38. The van der Waals surface area contributed by atoms with Gasteiger partial charge in [0, 0.05) is 45.3 Å². The van der Waals surface area contributed by atoms with Gasteiger partial charge in [0.15, 0.2) is 0 Å². The summed E-state index contributed by atoms with van der Waals surface area (Å²) in [5.41, 5.74) is 0. The van der Waals surface area contributed by atoms with Gasteiger partial charge in [-0.25, -0.2) is 4.98 Å². The normalized spacial score (nSPS) is 24.3. The largest absolute Gasteiger partial charge is 0.459 e. The van der Waals surface area contributed by atoms with Crippen LogP contribution < -0.4 is 4.90 Å². The maximum absolute atomic E-state index is 13.0. The molecular formula is C26H38N4O4. The molecule has 0 aromatic carbocycles. The second-order valence-electron chi connectivity index (χ2n) is 9.83. The molecule has 3 heterocycles. The smallest absolute Gasteiger partial charge is 0.306 e. The minimum atomic E-state index is -0.497. The van der Waals surface area contributed by atoms with Crippen LogP contribution in [0.2, 0.25) is 0 Å². The highest BCUT2D eigenvalue weighted by Gasteiger charge is 2.48. The second-order valence-corrected chi connectivity index (χ2v) is 9.83. The summed E-state index contributed by atoms with van der Waals surface area (Å²) >= 11 is 0. The number of rotatable bonds is 10. The zero-order valence-corrected chi connectivity index (χ0v) is 20.4. The fourth-order valence-electron chi connectivity index (χ4n) is 5.50. The molecule has 0 spiro atoms. The molecule has 3 fully saturated rings. The molecule has 0 bridgehead atoms. The van der Waals surface area contributed by atoms with Gasteiger partial charge in [0.25, 0.3) is 0 Å². The number of imide groups is 1. The number of nitrogens with zero attached hydrogens (tertiary/aromatic N) is 4. The van der Waals surface area contributed by atoms with E-state index >= 15 is 0 Å². The van der Waals surface area contributed by atoms with Gasteiger partial charge in [-0.15, -0.1) is 0 Å². The summed E-state index contributed by atoms with van der Waals surface area (Å²) in [4.78, 5) is 48.9. The summed E-state index contributed by atoms with van der Waals surface area (Å²) in [5, 5.41) is 0. The fourth-order valence-corrected chi connectivity index (χ4v) is 5.50. The van der Waals surface area contributed by atoms with Crippen LogP contribution in [-0.4, -0.2) is 77.9 Å². The van der Waals surface area contributed by atoms with Crippen LogP contribution in [0, 0.1) is 11.8 Å². The molecule has 1 aromatic heterocycles. The van der Waals surface area contributed by atoms with Gasteiger partial charge < -0.3 is 9.64 Å². The Hall–Kier alpha value is -2.48. The first-order valence-corrected chi connectivity index (χ1v) is 13.0. The van der Waals surface area contributed by atoms with E-state index in [2.05, 4.69) is 21.7 Å². The predicted octanol–water partition coefficient (Wildman–Crippen LogP) is 2.87. The van der Waals surface area contributed by atoms with Crippen molar-refractivity contribution in [2.45, 2.75) is 64.4 Å². The van der Waals surface area contributed by atoms with Crippen LogP contribution in [-0.2, 0) is 19.1 Å². The summed E-state index contributed by atoms with van der Waals surface area (Å²) in [7, 11) is 0. The molecule has 0 radical (unpaired) electrons. The van der Waals surface area contributed by atoms with E-state index in [1.807, 2.05) is 18.2 Å². The Kier molecular flexibility index (Phi) is 8.53. The van der Waals surface area contributed by atoms with Gasteiger partial charge in [0.2, 0.25) is 11.8 Å². The van der Waals surface area contributed by atoms with Gasteiger partial charge in [-0.1, -0.05) is 38.7 Å². The predicted molar refractivity (Wildman–Crippen MR) is 129 cm³/mol. The molecule has 2 saturated heterocycles. The molecule has 3 atom stereocenters. The van der Waals surface area contributed by atoms with Crippen LogP contribution in [0.5, 0.6) is 0 Å². The number of hydrogen-bond donors (Lipinski definition) is 0. The number of amides is 2. The summed E-state index contributed by atoms with van der Waals surface area (Å²) in [6.45, 7) is 6.09. The molecule has 1 saturated carbocycles. The van der Waals surface area contributed by atoms with Crippen molar-refractivity contribution in [1.82, 2.24) is 14.8 Å². The first-order valence-electron chi connectivity index (χ1n) is 13.0. The maximum Gasteiger partial charge on any atom is 0.306 e.